The molecule has 2 rings (SSSR count). The van der Waals surface area contributed by atoms with Gasteiger partial charge >= 0.3 is 0 Å². The Labute approximate surface area is 99.6 Å². The molecule has 0 amide bonds. The minimum Gasteiger partial charge on any atom is -0.393 e. The molecule has 0 radical (unpaired) electrons. The monoisotopic (exact) mass is 236 g/mol. The molecule has 6 nitrogen and oxygen atoms in total. The summed E-state index contributed by atoms with van der Waals surface area (Å²) in [6.45, 7) is 4.62. The molecule has 92 valence electrons. The Morgan fingerprint density at radius 2 is 2.12 bits per heavy atom. The van der Waals surface area contributed by atoms with Crippen LogP contribution in [0.1, 0.15) is 5.56 Å². The van der Waals surface area contributed by atoms with Crippen molar-refractivity contribution in [2.75, 3.05) is 31.9 Å². The maximum atomic E-state index is 10.8. The Kier molecular flexibility index (Phi) is 3.55. The summed E-state index contributed by atoms with van der Waals surface area (Å²) < 4.78 is 0. The number of hydrogen-bond acceptors (Lipinski definition) is 5. The van der Waals surface area contributed by atoms with E-state index in [0.29, 0.717) is 0 Å². The molecule has 0 bridgehead atoms. The van der Waals surface area contributed by atoms with Crippen LogP contribution in [0.4, 0.5) is 11.4 Å². The number of nitrogens with zero attached hydrogens (tertiary/aromatic N) is 2. The summed E-state index contributed by atoms with van der Waals surface area (Å²) in [5.74, 6) is 0. The van der Waals surface area contributed by atoms with Crippen molar-refractivity contribution in [3.05, 3.63) is 33.9 Å². The van der Waals surface area contributed by atoms with E-state index in [2.05, 4.69) is 10.2 Å². The predicted molar refractivity (Wildman–Crippen MR) is 65.7 cm³/mol. The Bertz CT molecular complexity index is 416. The first kappa shape index (κ1) is 11.8. The Morgan fingerprint density at radius 1 is 1.41 bits per heavy atom. The summed E-state index contributed by atoms with van der Waals surface area (Å²) >= 11 is 0. The van der Waals surface area contributed by atoms with Gasteiger partial charge in [0.1, 0.15) is 5.69 Å². The van der Waals surface area contributed by atoms with E-state index in [1.165, 1.54) is 0 Å². The van der Waals surface area contributed by atoms with Gasteiger partial charge < -0.3 is 11.1 Å². The number of nitrogens with one attached hydrogen (secondary N) is 1. The van der Waals surface area contributed by atoms with Gasteiger partial charge in [-0.15, -0.1) is 0 Å². The van der Waals surface area contributed by atoms with Gasteiger partial charge in [-0.3, -0.25) is 15.0 Å². The first-order valence-corrected chi connectivity index (χ1v) is 5.62. The van der Waals surface area contributed by atoms with Gasteiger partial charge in [-0.05, 0) is 11.6 Å². The van der Waals surface area contributed by atoms with Crippen molar-refractivity contribution in [2.24, 2.45) is 0 Å². The molecule has 0 spiro atoms. The summed E-state index contributed by atoms with van der Waals surface area (Å²) in [7, 11) is 0. The second kappa shape index (κ2) is 5.11. The summed E-state index contributed by atoms with van der Waals surface area (Å²) in [4.78, 5) is 12.6. The molecule has 0 aliphatic carbocycles. The molecule has 1 aliphatic heterocycles. The predicted octanol–water partition coefficient (Wildman–Crippen LogP) is 0.582. The van der Waals surface area contributed by atoms with Crippen LogP contribution in [0.5, 0.6) is 0 Å². The van der Waals surface area contributed by atoms with Gasteiger partial charge in [0.15, 0.2) is 0 Å². The fourth-order valence-electron chi connectivity index (χ4n) is 1.97. The molecule has 0 aromatic heterocycles. The molecular weight excluding hydrogens is 220 g/mol. The van der Waals surface area contributed by atoms with Gasteiger partial charge in [-0.25, -0.2) is 0 Å². The van der Waals surface area contributed by atoms with Gasteiger partial charge in [0.05, 0.1) is 4.92 Å². The first-order valence-electron chi connectivity index (χ1n) is 5.62. The van der Waals surface area contributed by atoms with Crippen molar-refractivity contribution in [3.8, 4) is 0 Å². The lowest BCUT2D eigenvalue weighted by Gasteiger charge is -2.27. The maximum absolute atomic E-state index is 10.8. The molecule has 1 saturated heterocycles. The average Bonchev–Trinajstić information content (AvgIpc) is 2.32. The number of anilines is 1. The van der Waals surface area contributed by atoms with E-state index in [0.717, 1.165) is 38.3 Å². The van der Waals surface area contributed by atoms with E-state index >= 15 is 0 Å². The molecule has 3 N–H and O–H groups in total. The molecule has 1 heterocycles. The van der Waals surface area contributed by atoms with Gasteiger partial charge in [0.25, 0.3) is 5.69 Å². The van der Waals surface area contributed by atoms with Gasteiger partial charge in [-0.1, -0.05) is 6.07 Å². The van der Waals surface area contributed by atoms with Crippen molar-refractivity contribution in [1.82, 2.24) is 10.2 Å². The lowest BCUT2D eigenvalue weighted by molar-refractivity contribution is -0.384. The second-order valence-corrected chi connectivity index (χ2v) is 4.18. The van der Waals surface area contributed by atoms with Crippen LogP contribution in [-0.4, -0.2) is 36.0 Å². The van der Waals surface area contributed by atoms with Crippen molar-refractivity contribution >= 4 is 11.4 Å². The fourth-order valence-corrected chi connectivity index (χ4v) is 1.97. The highest BCUT2D eigenvalue weighted by Gasteiger charge is 2.14. The molecule has 1 aromatic carbocycles. The molecule has 0 atom stereocenters. The van der Waals surface area contributed by atoms with Crippen molar-refractivity contribution in [3.63, 3.8) is 0 Å². The summed E-state index contributed by atoms with van der Waals surface area (Å²) in [5, 5.41) is 14.0. The van der Waals surface area contributed by atoms with Crippen LogP contribution in [0.2, 0.25) is 0 Å². The summed E-state index contributed by atoms with van der Waals surface area (Å²) in [6.07, 6.45) is 0. The number of rotatable bonds is 3. The number of nitrogens with two attached hydrogens (primary N) is 1. The third-order valence-electron chi connectivity index (χ3n) is 2.91. The number of piperazine rings is 1. The van der Waals surface area contributed by atoms with Crippen LogP contribution in [0, 0.1) is 10.1 Å². The number of nitro groups is 1. The Morgan fingerprint density at radius 3 is 2.76 bits per heavy atom. The molecule has 17 heavy (non-hydrogen) atoms. The van der Waals surface area contributed by atoms with E-state index in [1.54, 1.807) is 12.1 Å². The SMILES string of the molecule is Nc1ccc(CN2CCNCC2)cc1[N+](=O)[O-]. The van der Waals surface area contributed by atoms with E-state index < -0.39 is 4.92 Å². The largest absolute Gasteiger partial charge is 0.393 e. The van der Waals surface area contributed by atoms with Crippen molar-refractivity contribution in [1.29, 1.82) is 0 Å². The molecule has 0 unspecified atom stereocenters. The van der Waals surface area contributed by atoms with Gasteiger partial charge in [-0.2, -0.15) is 0 Å². The highest BCUT2D eigenvalue weighted by atomic mass is 16.6. The average molecular weight is 236 g/mol. The van der Waals surface area contributed by atoms with Gasteiger partial charge in [0, 0.05) is 38.8 Å². The molecule has 1 fully saturated rings. The van der Waals surface area contributed by atoms with E-state index in [9.17, 15) is 10.1 Å². The zero-order valence-corrected chi connectivity index (χ0v) is 9.56. The zero-order chi connectivity index (χ0) is 12.3. The molecular formula is C11H16N4O2. The molecule has 1 aromatic rings. The smallest absolute Gasteiger partial charge is 0.292 e. The van der Waals surface area contributed by atoms with Gasteiger partial charge in [0.2, 0.25) is 0 Å². The molecule has 6 heteroatoms. The third kappa shape index (κ3) is 2.92. The van der Waals surface area contributed by atoms with Crippen LogP contribution in [0.15, 0.2) is 18.2 Å². The third-order valence-corrected chi connectivity index (χ3v) is 2.91. The van der Waals surface area contributed by atoms with E-state index in [-0.39, 0.29) is 11.4 Å². The normalized spacial score (nSPS) is 16.9. The number of nitrogen functional groups attached to an aromatic ring is 1. The minimum absolute atomic E-state index is 0.00219. The van der Waals surface area contributed by atoms with Crippen LogP contribution >= 0.6 is 0 Å². The maximum Gasteiger partial charge on any atom is 0.292 e. The Balaban J connectivity index is 2.10. The zero-order valence-electron chi connectivity index (χ0n) is 9.56. The second-order valence-electron chi connectivity index (χ2n) is 4.18. The highest BCUT2D eigenvalue weighted by molar-refractivity contribution is 5.59. The van der Waals surface area contributed by atoms with Crippen LogP contribution in [-0.2, 0) is 6.54 Å². The van der Waals surface area contributed by atoms with E-state index in [4.69, 9.17) is 5.73 Å². The number of hydrogen-bond donors (Lipinski definition) is 2. The van der Waals surface area contributed by atoms with Crippen LogP contribution < -0.4 is 11.1 Å². The van der Waals surface area contributed by atoms with E-state index in [1.807, 2.05) is 6.07 Å². The summed E-state index contributed by atoms with van der Waals surface area (Å²) in [5.41, 5.74) is 6.72. The minimum atomic E-state index is -0.434. The fraction of sp³-hybridized carbons (Fsp3) is 0.455. The quantitative estimate of drug-likeness (QED) is 0.455. The van der Waals surface area contributed by atoms with Crippen LogP contribution in [0.3, 0.4) is 0 Å². The lowest BCUT2D eigenvalue weighted by Crippen LogP contribution is -2.42. The Hall–Kier alpha value is -1.66. The molecule has 1 aliphatic rings. The van der Waals surface area contributed by atoms with Crippen LogP contribution in [0.25, 0.3) is 0 Å². The number of nitro benzene ring substituents is 1. The molecule has 0 saturated carbocycles. The van der Waals surface area contributed by atoms with Crippen molar-refractivity contribution < 1.29 is 4.92 Å². The topological polar surface area (TPSA) is 84.4 Å². The lowest BCUT2D eigenvalue weighted by atomic mass is 10.1. The summed E-state index contributed by atoms with van der Waals surface area (Å²) in [6, 6.07) is 5.03. The van der Waals surface area contributed by atoms with Crippen molar-refractivity contribution in [2.45, 2.75) is 6.54 Å². The highest BCUT2D eigenvalue weighted by Crippen LogP contribution is 2.23. The first-order chi connectivity index (χ1) is 8.16. The number of benzene rings is 1. The standard InChI is InChI=1S/C11H16N4O2/c12-10-2-1-9(7-11(10)15(16)17)8-14-5-3-13-4-6-14/h1-2,7,13H,3-6,8,12H2.